The first-order chi connectivity index (χ1) is 9.50. The average molecular weight is 272 g/mol. The number of nitro benzene ring substituents is 1. The molecule has 0 saturated heterocycles. The van der Waals surface area contributed by atoms with Crippen LogP contribution in [0.15, 0.2) is 36.5 Å². The number of Topliss-reactive ketones (excluding diaryl/α,β-unsaturated/α-hetero) is 1. The van der Waals surface area contributed by atoms with Crippen LogP contribution in [-0.4, -0.2) is 15.7 Å². The van der Waals surface area contributed by atoms with E-state index in [9.17, 15) is 14.9 Å². The zero-order chi connectivity index (χ0) is 14.7. The fourth-order valence-electron chi connectivity index (χ4n) is 1.75. The Hall–Kier alpha value is -2.76. The predicted molar refractivity (Wildman–Crippen MR) is 72.1 cm³/mol. The zero-order valence-electron chi connectivity index (χ0n) is 11.0. The number of benzene rings is 1. The number of ether oxygens (including phenoxy) is 1. The van der Waals surface area contributed by atoms with Crippen molar-refractivity contribution < 1.29 is 14.5 Å². The number of pyridine rings is 1. The number of hydrogen-bond donors (Lipinski definition) is 0. The molecule has 0 radical (unpaired) electrons. The molecule has 0 fully saturated rings. The number of carbonyl (C=O) groups is 1. The number of ketones is 1. The van der Waals surface area contributed by atoms with Crippen molar-refractivity contribution in [1.82, 2.24) is 4.98 Å². The van der Waals surface area contributed by atoms with Crippen LogP contribution in [-0.2, 0) is 0 Å². The molecule has 0 aliphatic carbocycles. The fourth-order valence-corrected chi connectivity index (χ4v) is 1.75. The van der Waals surface area contributed by atoms with Gasteiger partial charge >= 0.3 is 5.69 Å². The van der Waals surface area contributed by atoms with Crippen molar-refractivity contribution in [1.29, 1.82) is 0 Å². The van der Waals surface area contributed by atoms with Crippen molar-refractivity contribution in [2.24, 2.45) is 0 Å². The van der Waals surface area contributed by atoms with Crippen molar-refractivity contribution in [3.63, 3.8) is 0 Å². The SMILES string of the molecule is CC(=O)c1cccnc1Oc1c(C)cccc1[N+](=O)[O-]. The Kier molecular flexibility index (Phi) is 3.74. The topological polar surface area (TPSA) is 82.3 Å². The number of nitrogens with zero attached hydrogens (tertiary/aromatic N) is 2. The monoisotopic (exact) mass is 272 g/mol. The molecule has 0 aliphatic heterocycles. The largest absolute Gasteiger partial charge is 0.431 e. The van der Waals surface area contributed by atoms with Crippen LogP contribution in [0.2, 0.25) is 0 Å². The molecule has 0 aliphatic rings. The highest BCUT2D eigenvalue weighted by molar-refractivity contribution is 5.96. The summed E-state index contributed by atoms with van der Waals surface area (Å²) in [4.78, 5) is 26.0. The van der Waals surface area contributed by atoms with E-state index in [0.717, 1.165) is 0 Å². The van der Waals surface area contributed by atoms with Gasteiger partial charge in [0.15, 0.2) is 5.78 Å². The molecule has 1 heterocycles. The molecule has 2 aromatic rings. The summed E-state index contributed by atoms with van der Waals surface area (Å²) in [6.45, 7) is 3.08. The Bertz CT molecular complexity index is 683. The fraction of sp³-hybridized carbons (Fsp3) is 0.143. The standard InChI is InChI=1S/C14H12N2O4/c1-9-5-3-7-12(16(18)19)13(9)20-14-11(10(2)17)6-4-8-15-14/h3-8H,1-2H3. The van der Waals surface area contributed by atoms with Crippen LogP contribution in [0.3, 0.4) is 0 Å². The van der Waals surface area contributed by atoms with E-state index in [0.29, 0.717) is 5.56 Å². The summed E-state index contributed by atoms with van der Waals surface area (Å²) in [5.74, 6) is -0.0552. The lowest BCUT2D eigenvalue weighted by molar-refractivity contribution is -0.385. The van der Waals surface area contributed by atoms with Gasteiger partial charge in [0.25, 0.3) is 0 Å². The molecule has 2 rings (SSSR count). The van der Waals surface area contributed by atoms with E-state index >= 15 is 0 Å². The Morgan fingerprint density at radius 3 is 2.70 bits per heavy atom. The third-order valence-electron chi connectivity index (χ3n) is 2.74. The van der Waals surface area contributed by atoms with Crippen molar-refractivity contribution in [2.75, 3.05) is 0 Å². The van der Waals surface area contributed by atoms with Crippen molar-refractivity contribution in [2.45, 2.75) is 13.8 Å². The van der Waals surface area contributed by atoms with E-state index in [2.05, 4.69) is 4.98 Å². The number of nitro groups is 1. The summed E-state index contributed by atoms with van der Waals surface area (Å²) in [6.07, 6.45) is 1.46. The van der Waals surface area contributed by atoms with Crippen molar-refractivity contribution >= 4 is 11.5 Å². The molecule has 6 heteroatoms. The van der Waals surface area contributed by atoms with Crippen LogP contribution >= 0.6 is 0 Å². The Morgan fingerprint density at radius 2 is 2.05 bits per heavy atom. The molecule has 1 aromatic carbocycles. The van der Waals surface area contributed by atoms with E-state index < -0.39 is 4.92 Å². The van der Waals surface area contributed by atoms with Gasteiger partial charge in [-0.3, -0.25) is 14.9 Å². The quantitative estimate of drug-likeness (QED) is 0.484. The Balaban J connectivity index is 2.51. The molecule has 0 N–H and O–H groups in total. The van der Waals surface area contributed by atoms with Gasteiger partial charge in [-0.25, -0.2) is 4.98 Å². The lowest BCUT2D eigenvalue weighted by atomic mass is 10.2. The molecule has 20 heavy (non-hydrogen) atoms. The van der Waals surface area contributed by atoms with Crippen LogP contribution in [0, 0.1) is 17.0 Å². The van der Waals surface area contributed by atoms with E-state index in [1.807, 2.05) is 0 Å². The lowest BCUT2D eigenvalue weighted by Gasteiger charge is -2.10. The first-order valence-electron chi connectivity index (χ1n) is 5.88. The molecule has 0 bridgehead atoms. The summed E-state index contributed by atoms with van der Waals surface area (Å²) in [5.41, 5.74) is 0.717. The molecule has 0 spiro atoms. The van der Waals surface area contributed by atoms with Crippen molar-refractivity contribution in [3.8, 4) is 11.6 Å². The van der Waals surface area contributed by atoms with Crippen LogP contribution in [0.5, 0.6) is 11.6 Å². The number of aromatic nitrogens is 1. The normalized spacial score (nSPS) is 10.1. The summed E-state index contributed by atoms with van der Waals surface area (Å²) in [5, 5.41) is 11.0. The highest BCUT2D eigenvalue weighted by Crippen LogP contribution is 2.34. The molecule has 0 amide bonds. The number of hydrogen-bond acceptors (Lipinski definition) is 5. The second-order valence-corrected chi connectivity index (χ2v) is 4.19. The second kappa shape index (κ2) is 5.48. The molecular weight excluding hydrogens is 260 g/mol. The summed E-state index contributed by atoms with van der Waals surface area (Å²) in [6, 6.07) is 7.78. The number of rotatable bonds is 4. The minimum Gasteiger partial charge on any atom is -0.431 e. The lowest BCUT2D eigenvalue weighted by Crippen LogP contribution is -2.01. The van der Waals surface area contributed by atoms with Gasteiger partial charge in [-0.15, -0.1) is 0 Å². The second-order valence-electron chi connectivity index (χ2n) is 4.19. The maximum absolute atomic E-state index is 11.5. The van der Waals surface area contributed by atoms with Gasteiger partial charge in [0, 0.05) is 12.3 Å². The smallest absolute Gasteiger partial charge is 0.311 e. The third kappa shape index (κ3) is 2.64. The van der Waals surface area contributed by atoms with Crippen LogP contribution in [0.4, 0.5) is 5.69 Å². The zero-order valence-corrected chi connectivity index (χ0v) is 11.0. The predicted octanol–water partition coefficient (Wildman–Crippen LogP) is 3.29. The van der Waals surface area contributed by atoms with Gasteiger partial charge < -0.3 is 4.74 Å². The number of para-hydroxylation sites is 1. The Labute approximate surface area is 115 Å². The van der Waals surface area contributed by atoms with E-state index in [1.165, 1.54) is 19.2 Å². The van der Waals surface area contributed by atoms with E-state index in [4.69, 9.17) is 4.74 Å². The minimum absolute atomic E-state index is 0.0670. The van der Waals surface area contributed by atoms with Gasteiger partial charge in [-0.1, -0.05) is 12.1 Å². The van der Waals surface area contributed by atoms with Crippen molar-refractivity contribution in [3.05, 3.63) is 57.8 Å². The Morgan fingerprint density at radius 1 is 1.30 bits per heavy atom. The van der Waals surface area contributed by atoms with Gasteiger partial charge in [-0.2, -0.15) is 0 Å². The summed E-state index contributed by atoms with van der Waals surface area (Å²) in [7, 11) is 0. The molecule has 102 valence electrons. The van der Waals surface area contributed by atoms with E-state index in [1.54, 1.807) is 31.2 Å². The number of carbonyl (C=O) groups excluding carboxylic acids is 1. The van der Waals surface area contributed by atoms with Gasteiger partial charge in [0.1, 0.15) is 0 Å². The van der Waals surface area contributed by atoms with Gasteiger partial charge in [0.2, 0.25) is 11.6 Å². The molecule has 0 unspecified atom stereocenters. The molecule has 0 saturated carbocycles. The maximum Gasteiger partial charge on any atom is 0.311 e. The molecule has 6 nitrogen and oxygen atoms in total. The van der Waals surface area contributed by atoms with Gasteiger partial charge in [-0.05, 0) is 31.5 Å². The first-order valence-corrected chi connectivity index (χ1v) is 5.88. The first kappa shape index (κ1) is 13.7. The maximum atomic E-state index is 11.5. The molecule has 1 aromatic heterocycles. The average Bonchev–Trinajstić information content (AvgIpc) is 2.41. The molecule has 0 atom stereocenters. The highest BCUT2D eigenvalue weighted by atomic mass is 16.6. The molecular formula is C14H12N2O4. The number of aryl methyl sites for hydroxylation is 1. The van der Waals surface area contributed by atoms with Crippen LogP contribution in [0.25, 0.3) is 0 Å². The third-order valence-corrected chi connectivity index (χ3v) is 2.74. The minimum atomic E-state index is -0.529. The van der Waals surface area contributed by atoms with Crippen LogP contribution in [0.1, 0.15) is 22.8 Å². The highest BCUT2D eigenvalue weighted by Gasteiger charge is 2.20. The summed E-state index contributed by atoms with van der Waals surface area (Å²) < 4.78 is 5.52. The summed E-state index contributed by atoms with van der Waals surface area (Å²) >= 11 is 0. The van der Waals surface area contributed by atoms with Gasteiger partial charge in [0.05, 0.1) is 10.5 Å². The van der Waals surface area contributed by atoms with Crippen LogP contribution < -0.4 is 4.74 Å². The van der Waals surface area contributed by atoms with E-state index in [-0.39, 0.29) is 28.7 Å².